The maximum atomic E-state index is 11.7. The van der Waals surface area contributed by atoms with Gasteiger partial charge in [-0.05, 0) is 50.1 Å². The van der Waals surface area contributed by atoms with Gasteiger partial charge < -0.3 is 29.3 Å². The number of furan rings is 1. The summed E-state index contributed by atoms with van der Waals surface area (Å²) in [6.45, 7) is 7.06. The van der Waals surface area contributed by atoms with E-state index in [1.807, 2.05) is 31.2 Å². The van der Waals surface area contributed by atoms with Gasteiger partial charge in [0.1, 0.15) is 11.5 Å². The molecule has 2 aromatic rings. The lowest BCUT2D eigenvalue weighted by atomic mass is 10.2. The van der Waals surface area contributed by atoms with Crippen molar-refractivity contribution in [1.29, 1.82) is 0 Å². The second-order valence-corrected chi connectivity index (χ2v) is 6.33. The van der Waals surface area contributed by atoms with Crippen molar-refractivity contribution >= 4 is 35.9 Å². The Kier molecular flexibility index (Phi) is 13.4. The zero-order valence-corrected chi connectivity index (χ0v) is 20.6. The van der Waals surface area contributed by atoms with Gasteiger partial charge in [0.2, 0.25) is 5.76 Å². The van der Waals surface area contributed by atoms with Crippen LogP contribution in [0.1, 0.15) is 42.1 Å². The highest BCUT2D eigenvalue weighted by Crippen LogP contribution is 2.12. The fourth-order valence-electron chi connectivity index (χ4n) is 2.56. The first-order valence-corrected chi connectivity index (χ1v) is 10.1. The number of aliphatic imine (C=N–C) groups is 1. The molecule has 0 aliphatic carbocycles. The Morgan fingerprint density at radius 2 is 1.84 bits per heavy atom. The van der Waals surface area contributed by atoms with Crippen molar-refractivity contribution in [3.05, 3.63) is 53.5 Å². The summed E-state index contributed by atoms with van der Waals surface area (Å²) >= 11 is 0. The number of nitrogens with zero attached hydrogens (tertiary/aromatic N) is 1. The van der Waals surface area contributed by atoms with Gasteiger partial charge in [0.15, 0.2) is 5.96 Å². The fourth-order valence-corrected chi connectivity index (χ4v) is 2.56. The van der Waals surface area contributed by atoms with Crippen molar-refractivity contribution in [2.45, 2.75) is 33.4 Å². The molecule has 2 rings (SSSR count). The first kappa shape index (κ1) is 26.8. The van der Waals surface area contributed by atoms with Crippen LogP contribution in [0.4, 0.5) is 0 Å². The number of rotatable bonds is 12. The van der Waals surface area contributed by atoms with Gasteiger partial charge in [-0.15, -0.1) is 24.0 Å². The van der Waals surface area contributed by atoms with Crippen molar-refractivity contribution in [2.24, 2.45) is 4.99 Å². The van der Waals surface area contributed by atoms with Crippen LogP contribution in [0.5, 0.6) is 5.75 Å². The molecule has 0 atom stereocenters. The van der Waals surface area contributed by atoms with Crippen LogP contribution in [0.2, 0.25) is 0 Å². The molecule has 1 aromatic heterocycles. The molecule has 8 nitrogen and oxygen atoms in total. The maximum absolute atomic E-state index is 11.7. The SMILES string of the molecule is CCOCCCNC(=NCc1ccc(OC)cc1)NCc1ccc(C(=O)OCC)o1.I. The van der Waals surface area contributed by atoms with E-state index in [1.165, 1.54) is 0 Å². The first-order chi connectivity index (χ1) is 14.7. The summed E-state index contributed by atoms with van der Waals surface area (Å²) < 4.78 is 21.0. The van der Waals surface area contributed by atoms with E-state index in [4.69, 9.17) is 18.6 Å². The lowest BCUT2D eigenvalue weighted by Gasteiger charge is -2.12. The molecule has 2 N–H and O–H groups in total. The van der Waals surface area contributed by atoms with Crippen LogP contribution in [0, 0.1) is 0 Å². The molecule has 0 aliphatic heterocycles. The van der Waals surface area contributed by atoms with Crippen LogP contribution in [-0.2, 0) is 22.6 Å². The summed E-state index contributed by atoms with van der Waals surface area (Å²) in [4.78, 5) is 16.4. The van der Waals surface area contributed by atoms with Crippen molar-refractivity contribution in [1.82, 2.24) is 10.6 Å². The van der Waals surface area contributed by atoms with Crippen LogP contribution in [-0.4, -0.2) is 45.4 Å². The van der Waals surface area contributed by atoms with Gasteiger partial charge in [0.25, 0.3) is 0 Å². The Hall–Kier alpha value is -2.27. The summed E-state index contributed by atoms with van der Waals surface area (Å²) in [7, 11) is 1.64. The summed E-state index contributed by atoms with van der Waals surface area (Å²) in [6.07, 6.45) is 0.866. The van der Waals surface area contributed by atoms with Crippen molar-refractivity contribution < 1.29 is 23.4 Å². The molecule has 0 amide bonds. The van der Waals surface area contributed by atoms with Crippen LogP contribution in [0.25, 0.3) is 0 Å². The van der Waals surface area contributed by atoms with Gasteiger partial charge in [-0.3, -0.25) is 0 Å². The van der Waals surface area contributed by atoms with E-state index in [9.17, 15) is 4.79 Å². The number of carbonyl (C=O) groups is 1. The minimum absolute atomic E-state index is 0. The second-order valence-electron chi connectivity index (χ2n) is 6.33. The summed E-state index contributed by atoms with van der Waals surface area (Å²) in [5, 5.41) is 6.52. The number of methoxy groups -OCH3 is 1. The predicted octanol–water partition coefficient (Wildman–Crippen LogP) is 3.74. The molecular formula is C22H32IN3O5. The van der Waals surface area contributed by atoms with Crippen molar-refractivity contribution in [2.75, 3.05) is 33.5 Å². The van der Waals surface area contributed by atoms with Crippen molar-refractivity contribution in [3.63, 3.8) is 0 Å². The van der Waals surface area contributed by atoms with Crippen molar-refractivity contribution in [3.8, 4) is 5.75 Å². The molecule has 172 valence electrons. The van der Waals surface area contributed by atoms with Gasteiger partial charge in [-0.1, -0.05) is 12.1 Å². The normalized spacial score (nSPS) is 10.9. The molecule has 31 heavy (non-hydrogen) atoms. The van der Waals surface area contributed by atoms with E-state index in [2.05, 4.69) is 15.6 Å². The summed E-state index contributed by atoms with van der Waals surface area (Å²) in [5.41, 5.74) is 1.06. The van der Waals surface area contributed by atoms with E-state index < -0.39 is 5.97 Å². The largest absolute Gasteiger partial charge is 0.497 e. The molecule has 0 bridgehead atoms. The van der Waals surface area contributed by atoms with E-state index in [1.54, 1.807) is 26.2 Å². The van der Waals surface area contributed by atoms with Gasteiger partial charge >= 0.3 is 5.97 Å². The topological polar surface area (TPSA) is 94.3 Å². The average molecular weight is 545 g/mol. The third-order valence-electron chi connectivity index (χ3n) is 4.11. The Balaban J connectivity index is 0.00000480. The standard InChI is InChI=1S/C22H31N3O5.HI/c1-4-28-14-6-13-23-22(24-15-17-7-9-18(27-3)10-8-17)25-16-19-11-12-20(30-19)21(26)29-5-2;/h7-12H,4-6,13-16H2,1-3H3,(H2,23,24,25);1H. The number of hydrogen-bond donors (Lipinski definition) is 2. The van der Waals surface area contributed by atoms with E-state index in [0.717, 1.165) is 24.3 Å². The Labute approximate surface area is 200 Å². The lowest BCUT2D eigenvalue weighted by Crippen LogP contribution is -2.37. The molecule has 0 aliphatic rings. The molecule has 0 unspecified atom stereocenters. The highest BCUT2D eigenvalue weighted by Gasteiger charge is 2.12. The van der Waals surface area contributed by atoms with E-state index in [0.29, 0.717) is 44.6 Å². The Morgan fingerprint density at radius 1 is 1.06 bits per heavy atom. The number of halogens is 1. The molecule has 9 heteroatoms. The smallest absolute Gasteiger partial charge is 0.374 e. The molecule has 0 saturated heterocycles. The minimum atomic E-state index is -0.466. The predicted molar refractivity (Wildman–Crippen MR) is 130 cm³/mol. The molecular weight excluding hydrogens is 513 g/mol. The summed E-state index contributed by atoms with van der Waals surface area (Å²) in [6, 6.07) is 11.1. The fraction of sp³-hybridized carbons (Fsp3) is 0.455. The van der Waals surface area contributed by atoms with Crippen LogP contribution >= 0.6 is 24.0 Å². The molecule has 0 radical (unpaired) electrons. The van der Waals surface area contributed by atoms with Gasteiger partial charge in [0, 0.05) is 19.8 Å². The molecule has 1 heterocycles. The third kappa shape index (κ3) is 10.1. The quantitative estimate of drug-likeness (QED) is 0.138. The first-order valence-electron chi connectivity index (χ1n) is 10.1. The molecule has 0 spiro atoms. The van der Waals surface area contributed by atoms with E-state index in [-0.39, 0.29) is 29.7 Å². The number of hydrogen-bond acceptors (Lipinski definition) is 6. The zero-order valence-electron chi connectivity index (χ0n) is 18.3. The highest BCUT2D eigenvalue weighted by molar-refractivity contribution is 14.0. The Morgan fingerprint density at radius 3 is 2.52 bits per heavy atom. The number of benzene rings is 1. The highest BCUT2D eigenvalue weighted by atomic mass is 127. The lowest BCUT2D eigenvalue weighted by molar-refractivity contribution is 0.0488. The molecule has 1 aromatic carbocycles. The summed E-state index contributed by atoms with van der Waals surface area (Å²) in [5.74, 6) is 1.80. The van der Waals surface area contributed by atoms with E-state index >= 15 is 0 Å². The third-order valence-corrected chi connectivity index (χ3v) is 4.11. The van der Waals surface area contributed by atoms with Gasteiger partial charge in [-0.25, -0.2) is 9.79 Å². The number of esters is 1. The number of carbonyl (C=O) groups excluding carboxylic acids is 1. The minimum Gasteiger partial charge on any atom is -0.497 e. The van der Waals surface area contributed by atoms with Crippen LogP contribution in [0.3, 0.4) is 0 Å². The van der Waals surface area contributed by atoms with Gasteiger partial charge in [0.05, 0.1) is 26.8 Å². The Bertz CT molecular complexity index is 793. The second kappa shape index (κ2) is 15.5. The molecule has 0 fully saturated rings. The average Bonchev–Trinajstić information content (AvgIpc) is 3.24. The molecule has 0 saturated carbocycles. The number of guanidine groups is 1. The van der Waals surface area contributed by atoms with Crippen LogP contribution in [0.15, 0.2) is 45.8 Å². The maximum Gasteiger partial charge on any atom is 0.374 e. The van der Waals surface area contributed by atoms with Crippen LogP contribution < -0.4 is 15.4 Å². The zero-order chi connectivity index (χ0) is 21.6. The number of nitrogens with one attached hydrogen (secondary N) is 2. The monoisotopic (exact) mass is 545 g/mol. The van der Waals surface area contributed by atoms with Gasteiger partial charge in [-0.2, -0.15) is 0 Å². The number of ether oxygens (including phenoxy) is 3.